The summed E-state index contributed by atoms with van der Waals surface area (Å²) < 4.78 is 33.2. The molecule has 6 nitrogen and oxygen atoms in total. The second-order valence-electron chi connectivity index (χ2n) is 6.83. The maximum Gasteiger partial charge on any atom is 0.224 e. The van der Waals surface area contributed by atoms with E-state index in [0.29, 0.717) is 11.5 Å². The highest BCUT2D eigenvalue weighted by molar-refractivity contribution is 5.91. The Morgan fingerprint density at radius 3 is 2.61 bits per heavy atom. The van der Waals surface area contributed by atoms with Crippen molar-refractivity contribution in [1.82, 2.24) is 15.0 Å². The fourth-order valence-corrected chi connectivity index (χ4v) is 3.09. The van der Waals surface area contributed by atoms with Gasteiger partial charge in [0.1, 0.15) is 17.5 Å². The smallest absolute Gasteiger partial charge is 0.224 e. The Morgan fingerprint density at radius 1 is 1.06 bits per heavy atom. The maximum absolute atomic E-state index is 13.9. The van der Waals surface area contributed by atoms with Gasteiger partial charge in [-0.3, -0.25) is 4.79 Å². The first-order valence-corrected chi connectivity index (χ1v) is 9.58. The molecular formula is C23H18F2N4O2. The minimum atomic E-state index is -0.737. The quantitative estimate of drug-likeness (QED) is 0.477. The van der Waals surface area contributed by atoms with Crippen LogP contribution in [0.5, 0.6) is 0 Å². The van der Waals surface area contributed by atoms with E-state index in [9.17, 15) is 13.6 Å². The van der Waals surface area contributed by atoms with E-state index in [0.717, 1.165) is 23.4 Å². The molecule has 2 aromatic heterocycles. The Labute approximate surface area is 177 Å². The van der Waals surface area contributed by atoms with Gasteiger partial charge in [0.15, 0.2) is 11.7 Å². The normalized spacial score (nSPS) is 10.8. The molecule has 0 unspecified atom stereocenters. The lowest BCUT2D eigenvalue weighted by Crippen LogP contribution is -2.12. The summed E-state index contributed by atoms with van der Waals surface area (Å²) in [5.74, 6) is -0.851. The van der Waals surface area contributed by atoms with Crippen molar-refractivity contribution >= 4 is 11.6 Å². The Balaban J connectivity index is 1.39. The van der Waals surface area contributed by atoms with Gasteiger partial charge in [-0.05, 0) is 37.3 Å². The number of anilines is 1. The molecule has 8 heteroatoms. The zero-order chi connectivity index (χ0) is 21.8. The summed E-state index contributed by atoms with van der Waals surface area (Å²) in [5, 5.41) is 2.82. The minimum absolute atomic E-state index is 0.0150. The highest BCUT2D eigenvalue weighted by Crippen LogP contribution is 2.27. The maximum atomic E-state index is 13.9. The molecule has 0 aliphatic rings. The Kier molecular flexibility index (Phi) is 5.79. The fourth-order valence-electron chi connectivity index (χ4n) is 3.09. The Bertz CT molecular complexity index is 1220. The number of hydrogen-bond acceptors (Lipinski definition) is 5. The number of hydrogen-bond donors (Lipinski definition) is 1. The van der Waals surface area contributed by atoms with Crippen LogP contribution in [-0.2, 0) is 11.2 Å². The van der Waals surface area contributed by atoms with Gasteiger partial charge in [-0.2, -0.15) is 0 Å². The first-order valence-electron chi connectivity index (χ1n) is 9.58. The van der Waals surface area contributed by atoms with E-state index in [1.165, 1.54) is 12.3 Å². The van der Waals surface area contributed by atoms with Crippen molar-refractivity contribution in [3.05, 3.63) is 84.3 Å². The van der Waals surface area contributed by atoms with Gasteiger partial charge >= 0.3 is 0 Å². The van der Waals surface area contributed by atoms with Crippen LogP contribution in [0.2, 0.25) is 0 Å². The number of carbonyl (C=O) groups is 1. The first kappa shape index (κ1) is 20.3. The number of aromatic nitrogens is 3. The number of amides is 1. The average Bonchev–Trinajstić information content (AvgIpc) is 3.21. The van der Waals surface area contributed by atoms with Crippen molar-refractivity contribution in [1.29, 1.82) is 0 Å². The van der Waals surface area contributed by atoms with Crippen LogP contribution in [0, 0.1) is 18.6 Å². The highest BCUT2D eigenvalue weighted by atomic mass is 19.1. The molecule has 0 saturated carbocycles. The molecule has 2 aromatic carbocycles. The number of halogens is 2. The van der Waals surface area contributed by atoms with Crippen molar-refractivity contribution < 1.29 is 18.0 Å². The molecule has 0 atom stereocenters. The molecule has 31 heavy (non-hydrogen) atoms. The summed E-state index contributed by atoms with van der Waals surface area (Å²) in [4.78, 5) is 24.8. The molecule has 4 rings (SSSR count). The molecule has 1 amide bonds. The van der Waals surface area contributed by atoms with Crippen LogP contribution in [0.3, 0.4) is 0 Å². The molecular weight excluding hydrogens is 402 g/mol. The molecule has 1 N–H and O–H groups in total. The molecule has 4 aromatic rings. The lowest BCUT2D eigenvalue weighted by Gasteiger charge is -2.07. The van der Waals surface area contributed by atoms with Crippen molar-refractivity contribution in [2.24, 2.45) is 0 Å². The van der Waals surface area contributed by atoms with Crippen LogP contribution in [0.15, 0.2) is 65.3 Å². The standard InChI is InChI=1S/C23H18F2N4O2/c1-14-26-11-10-19(28-14)15-4-2-5-16(12-15)29-21(30)8-9-22-27-13-20(31-22)23-17(24)6-3-7-18(23)25/h2-7,10-13H,8-9H2,1H3,(H,29,30). The molecule has 0 fully saturated rings. The highest BCUT2D eigenvalue weighted by Gasteiger charge is 2.16. The molecule has 0 radical (unpaired) electrons. The third-order valence-corrected chi connectivity index (χ3v) is 4.55. The van der Waals surface area contributed by atoms with Crippen LogP contribution < -0.4 is 5.32 Å². The zero-order valence-corrected chi connectivity index (χ0v) is 16.6. The fraction of sp³-hybridized carbons (Fsp3) is 0.130. The summed E-state index contributed by atoms with van der Waals surface area (Å²) in [6, 6.07) is 12.7. The van der Waals surface area contributed by atoms with E-state index in [2.05, 4.69) is 20.3 Å². The van der Waals surface area contributed by atoms with Crippen molar-refractivity contribution in [3.8, 4) is 22.6 Å². The Hall–Kier alpha value is -3.94. The summed E-state index contributed by atoms with van der Waals surface area (Å²) in [6.45, 7) is 1.81. The average molecular weight is 420 g/mol. The minimum Gasteiger partial charge on any atom is -0.441 e. The number of carbonyl (C=O) groups excluding carboxylic acids is 1. The molecule has 2 heterocycles. The predicted octanol–water partition coefficient (Wildman–Crippen LogP) is 4.96. The van der Waals surface area contributed by atoms with E-state index in [-0.39, 0.29) is 36.0 Å². The largest absolute Gasteiger partial charge is 0.441 e. The summed E-state index contributed by atoms with van der Waals surface area (Å²) in [6.07, 6.45) is 3.21. The van der Waals surface area contributed by atoms with E-state index in [1.807, 2.05) is 25.1 Å². The topological polar surface area (TPSA) is 80.9 Å². The molecule has 0 bridgehead atoms. The van der Waals surface area contributed by atoms with E-state index in [4.69, 9.17) is 4.42 Å². The number of nitrogens with one attached hydrogen (secondary N) is 1. The lowest BCUT2D eigenvalue weighted by molar-refractivity contribution is -0.116. The zero-order valence-electron chi connectivity index (χ0n) is 16.6. The monoisotopic (exact) mass is 420 g/mol. The van der Waals surface area contributed by atoms with Crippen LogP contribution >= 0.6 is 0 Å². The van der Waals surface area contributed by atoms with Crippen molar-refractivity contribution in [2.75, 3.05) is 5.32 Å². The van der Waals surface area contributed by atoms with Crippen LogP contribution in [0.25, 0.3) is 22.6 Å². The molecule has 0 spiro atoms. The molecule has 156 valence electrons. The summed E-state index contributed by atoms with van der Waals surface area (Å²) in [5.41, 5.74) is 1.96. The number of aryl methyl sites for hydroxylation is 2. The van der Waals surface area contributed by atoms with Crippen LogP contribution in [0.4, 0.5) is 14.5 Å². The number of oxazole rings is 1. The van der Waals surface area contributed by atoms with Gasteiger partial charge in [-0.25, -0.2) is 23.7 Å². The van der Waals surface area contributed by atoms with Crippen molar-refractivity contribution in [2.45, 2.75) is 19.8 Å². The van der Waals surface area contributed by atoms with Crippen LogP contribution in [-0.4, -0.2) is 20.9 Å². The number of rotatable bonds is 6. The predicted molar refractivity (Wildman–Crippen MR) is 111 cm³/mol. The molecule has 0 aliphatic heterocycles. The van der Waals surface area contributed by atoms with Crippen molar-refractivity contribution in [3.63, 3.8) is 0 Å². The third-order valence-electron chi connectivity index (χ3n) is 4.55. The van der Waals surface area contributed by atoms with Gasteiger partial charge < -0.3 is 9.73 Å². The summed E-state index contributed by atoms with van der Waals surface area (Å²) >= 11 is 0. The van der Waals surface area contributed by atoms with E-state index in [1.54, 1.807) is 18.3 Å². The lowest BCUT2D eigenvalue weighted by atomic mass is 10.1. The molecule has 0 aliphatic carbocycles. The number of nitrogens with zero attached hydrogens (tertiary/aromatic N) is 3. The van der Waals surface area contributed by atoms with Gasteiger partial charge in [0.25, 0.3) is 0 Å². The van der Waals surface area contributed by atoms with Gasteiger partial charge in [0, 0.05) is 30.3 Å². The van der Waals surface area contributed by atoms with Gasteiger partial charge in [0.2, 0.25) is 5.91 Å². The first-order chi connectivity index (χ1) is 15.0. The van der Waals surface area contributed by atoms with Crippen LogP contribution in [0.1, 0.15) is 18.1 Å². The van der Waals surface area contributed by atoms with Gasteiger partial charge in [-0.15, -0.1) is 0 Å². The molecule has 0 saturated heterocycles. The SMILES string of the molecule is Cc1nccc(-c2cccc(NC(=O)CCc3ncc(-c4c(F)cccc4F)o3)c2)n1. The Morgan fingerprint density at radius 2 is 1.84 bits per heavy atom. The second kappa shape index (κ2) is 8.83. The third kappa shape index (κ3) is 4.80. The number of benzene rings is 2. The van der Waals surface area contributed by atoms with E-state index >= 15 is 0 Å². The second-order valence-corrected chi connectivity index (χ2v) is 6.83. The van der Waals surface area contributed by atoms with Gasteiger partial charge in [0.05, 0.1) is 17.5 Å². The van der Waals surface area contributed by atoms with Gasteiger partial charge in [-0.1, -0.05) is 18.2 Å². The summed E-state index contributed by atoms with van der Waals surface area (Å²) in [7, 11) is 0. The van der Waals surface area contributed by atoms with E-state index < -0.39 is 11.6 Å².